The number of fused-ring (bicyclic) bond motifs is 1. The van der Waals surface area contributed by atoms with E-state index in [0.717, 1.165) is 4.88 Å². The van der Waals surface area contributed by atoms with E-state index in [1.807, 2.05) is 42.6 Å². The Bertz CT molecular complexity index is 887. The van der Waals surface area contributed by atoms with Crippen molar-refractivity contribution in [2.75, 3.05) is 0 Å². The van der Waals surface area contributed by atoms with Crippen molar-refractivity contribution < 1.29 is 4.79 Å². The van der Waals surface area contributed by atoms with Gasteiger partial charge in [0.25, 0.3) is 5.56 Å². The van der Waals surface area contributed by atoms with E-state index in [1.54, 1.807) is 17.4 Å². The highest BCUT2D eigenvalue weighted by Gasteiger charge is 2.10. The lowest BCUT2D eigenvalue weighted by Gasteiger charge is -2.12. The summed E-state index contributed by atoms with van der Waals surface area (Å²) in [5.41, 5.74) is 0.554. The normalized spacial score (nSPS) is 12.2. The summed E-state index contributed by atoms with van der Waals surface area (Å²) in [4.78, 5) is 32.4. The number of nitrogens with zero attached hydrogens (tertiary/aromatic N) is 1. The summed E-state index contributed by atoms with van der Waals surface area (Å²) in [6.07, 6.45) is 1.62. The fourth-order valence-electron chi connectivity index (χ4n) is 2.59. The number of carbonyl (C=O) groups is 1. The molecule has 2 heterocycles. The van der Waals surface area contributed by atoms with Crippen LogP contribution in [0.15, 0.2) is 46.6 Å². The number of H-pyrrole nitrogens is 1. The third-order valence-electron chi connectivity index (χ3n) is 3.83. The largest absolute Gasteiger partial charge is 0.349 e. The molecule has 24 heavy (non-hydrogen) atoms. The Morgan fingerprint density at radius 1 is 1.29 bits per heavy atom. The number of hydrogen-bond donors (Lipinski definition) is 2. The molecule has 3 aromatic rings. The van der Waals surface area contributed by atoms with Crippen LogP contribution in [0.25, 0.3) is 10.9 Å². The number of para-hydroxylation sites is 1. The van der Waals surface area contributed by atoms with Gasteiger partial charge in [0.1, 0.15) is 5.82 Å². The molecule has 5 nitrogen and oxygen atoms in total. The third-order valence-corrected chi connectivity index (χ3v) is 4.88. The maximum absolute atomic E-state index is 12.0. The van der Waals surface area contributed by atoms with Crippen molar-refractivity contribution in [2.24, 2.45) is 0 Å². The van der Waals surface area contributed by atoms with Crippen LogP contribution in [0.2, 0.25) is 0 Å². The molecule has 0 aliphatic heterocycles. The molecule has 0 aliphatic carbocycles. The van der Waals surface area contributed by atoms with E-state index in [-0.39, 0.29) is 17.5 Å². The first-order valence-corrected chi connectivity index (χ1v) is 8.82. The number of benzene rings is 1. The van der Waals surface area contributed by atoms with E-state index in [4.69, 9.17) is 0 Å². The van der Waals surface area contributed by atoms with Crippen molar-refractivity contribution in [1.82, 2.24) is 15.3 Å². The van der Waals surface area contributed by atoms with Gasteiger partial charge in [0.05, 0.1) is 16.9 Å². The van der Waals surface area contributed by atoms with E-state index >= 15 is 0 Å². The smallest absolute Gasteiger partial charge is 0.258 e. The first kappa shape index (κ1) is 16.4. The SMILES string of the molecule is C[C@@H](NC(=O)CCCc1nc2ccccc2c(=O)[nH]1)c1cccs1. The van der Waals surface area contributed by atoms with Crippen molar-refractivity contribution >= 4 is 28.1 Å². The predicted molar refractivity (Wildman–Crippen MR) is 96.2 cm³/mol. The Morgan fingerprint density at radius 2 is 2.12 bits per heavy atom. The second-order valence-corrected chi connectivity index (χ2v) is 6.67. The van der Waals surface area contributed by atoms with Crippen molar-refractivity contribution in [3.05, 3.63) is 62.8 Å². The van der Waals surface area contributed by atoms with Gasteiger partial charge in [-0.3, -0.25) is 9.59 Å². The van der Waals surface area contributed by atoms with Crippen LogP contribution in [0.3, 0.4) is 0 Å². The van der Waals surface area contributed by atoms with Crippen molar-refractivity contribution in [2.45, 2.75) is 32.2 Å². The molecule has 124 valence electrons. The van der Waals surface area contributed by atoms with Crippen LogP contribution in [0.1, 0.15) is 36.5 Å². The van der Waals surface area contributed by atoms with Crippen molar-refractivity contribution in [3.8, 4) is 0 Å². The van der Waals surface area contributed by atoms with Gasteiger partial charge in [-0.25, -0.2) is 4.98 Å². The fraction of sp³-hybridized carbons (Fsp3) is 0.278. The maximum Gasteiger partial charge on any atom is 0.258 e. The number of aromatic amines is 1. The maximum atomic E-state index is 12.0. The number of aromatic nitrogens is 2. The molecule has 1 aromatic carbocycles. The summed E-state index contributed by atoms with van der Waals surface area (Å²) in [6, 6.07) is 11.3. The van der Waals surface area contributed by atoms with Gasteiger partial charge in [0, 0.05) is 17.7 Å². The quantitative estimate of drug-likeness (QED) is 0.723. The molecule has 0 fully saturated rings. The Hall–Kier alpha value is -2.47. The van der Waals surface area contributed by atoms with Gasteiger partial charge in [0.15, 0.2) is 0 Å². The molecule has 1 amide bonds. The van der Waals surface area contributed by atoms with Crippen molar-refractivity contribution in [1.29, 1.82) is 0 Å². The summed E-state index contributed by atoms with van der Waals surface area (Å²) < 4.78 is 0. The van der Waals surface area contributed by atoms with Gasteiger partial charge in [-0.15, -0.1) is 11.3 Å². The highest BCUT2D eigenvalue weighted by Crippen LogP contribution is 2.18. The van der Waals surface area contributed by atoms with E-state index in [0.29, 0.717) is 36.0 Å². The van der Waals surface area contributed by atoms with Gasteiger partial charge in [-0.1, -0.05) is 18.2 Å². The number of nitrogens with one attached hydrogen (secondary N) is 2. The lowest BCUT2D eigenvalue weighted by Crippen LogP contribution is -2.26. The summed E-state index contributed by atoms with van der Waals surface area (Å²) in [7, 11) is 0. The Balaban J connectivity index is 1.54. The Kier molecular flexibility index (Phi) is 5.05. The van der Waals surface area contributed by atoms with Gasteiger partial charge >= 0.3 is 0 Å². The molecule has 2 N–H and O–H groups in total. The molecule has 2 aromatic heterocycles. The Morgan fingerprint density at radius 3 is 2.92 bits per heavy atom. The highest BCUT2D eigenvalue weighted by atomic mass is 32.1. The molecule has 0 unspecified atom stereocenters. The predicted octanol–water partition coefficient (Wildman–Crippen LogP) is 3.18. The molecule has 3 rings (SSSR count). The van der Waals surface area contributed by atoms with Gasteiger partial charge < -0.3 is 10.3 Å². The van der Waals surface area contributed by atoms with Crippen molar-refractivity contribution in [3.63, 3.8) is 0 Å². The molecule has 0 spiro atoms. The topological polar surface area (TPSA) is 74.8 Å². The van der Waals surface area contributed by atoms with Crippen LogP contribution >= 0.6 is 11.3 Å². The van der Waals surface area contributed by atoms with Gasteiger partial charge in [0.2, 0.25) is 5.91 Å². The van der Waals surface area contributed by atoms with E-state index in [1.165, 1.54) is 0 Å². The van der Waals surface area contributed by atoms with E-state index in [9.17, 15) is 9.59 Å². The molecule has 6 heteroatoms. The lowest BCUT2D eigenvalue weighted by atomic mass is 10.2. The van der Waals surface area contributed by atoms with E-state index < -0.39 is 0 Å². The standard InChI is InChI=1S/C18H19N3O2S/c1-12(15-8-5-11-24-15)19-17(22)10-4-9-16-20-14-7-3-2-6-13(14)18(23)21-16/h2-3,5-8,11-12H,4,9-10H2,1H3,(H,19,22)(H,20,21,23)/t12-/m1/s1. The fourth-order valence-corrected chi connectivity index (χ4v) is 3.33. The first-order valence-electron chi connectivity index (χ1n) is 7.94. The molecular formula is C18H19N3O2S. The second-order valence-electron chi connectivity index (χ2n) is 5.69. The molecule has 1 atom stereocenters. The minimum absolute atomic E-state index is 0.0130. The molecule has 0 aliphatic rings. The molecule has 0 radical (unpaired) electrons. The second kappa shape index (κ2) is 7.40. The summed E-state index contributed by atoms with van der Waals surface area (Å²) in [5.74, 6) is 0.636. The highest BCUT2D eigenvalue weighted by molar-refractivity contribution is 7.10. The van der Waals surface area contributed by atoms with Gasteiger partial charge in [-0.2, -0.15) is 0 Å². The number of rotatable bonds is 6. The number of carbonyl (C=O) groups excluding carboxylic acids is 1. The summed E-state index contributed by atoms with van der Waals surface area (Å²) in [5, 5.41) is 5.58. The van der Waals surface area contributed by atoms with Crippen LogP contribution < -0.4 is 10.9 Å². The number of thiophene rings is 1. The zero-order valence-corrected chi connectivity index (χ0v) is 14.2. The number of hydrogen-bond acceptors (Lipinski definition) is 4. The van der Waals surface area contributed by atoms with Crippen LogP contribution in [0, 0.1) is 0 Å². The molecular weight excluding hydrogens is 322 g/mol. The average molecular weight is 341 g/mol. The molecule has 0 saturated carbocycles. The van der Waals surface area contributed by atoms with Crippen LogP contribution in [0.4, 0.5) is 0 Å². The lowest BCUT2D eigenvalue weighted by molar-refractivity contribution is -0.121. The first-order chi connectivity index (χ1) is 11.6. The zero-order valence-electron chi connectivity index (χ0n) is 13.4. The molecule has 0 bridgehead atoms. The van der Waals surface area contributed by atoms with Gasteiger partial charge in [-0.05, 0) is 36.9 Å². The van der Waals surface area contributed by atoms with Crippen LogP contribution in [-0.4, -0.2) is 15.9 Å². The monoisotopic (exact) mass is 341 g/mol. The van der Waals surface area contributed by atoms with Crippen LogP contribution in [-0.2, 0) is 11.2 Å². The zero-order chi connectivity index (χ0) is 16.9. The Labute approximate surface area is 143 Å². The van der Waals surface area contributed by atoms with E-state index in [2.05, 4.69) is 15.3 Å². The summed E-state index contributed by atoms with van der Waals surface area (Å²) in [6.45, 7) is 1.98. The summed E-state index contributed by atoms with van der Waals surface area (Å²) >= 11 is 1.63. The van der Waals surface area contributed by atoms with Crippen LogP contribution in [0.5, 0.6) is 0 Å². The average Bonchev–Trinajstić information content (AvgIpc) is 3.09. The number of aryl methyl sites for hydroxylation is 1. The number of amides is 1. The minimum atomic E-state index is -0.133. The third kappa shape index (κ3) is 3.89. The molecule has 0 saturated heterocycles. The minimum Gasteiger partial charge on any atom is -0.349 e.